The summed E-state index contributed by atoms with van der Waals surface area (Å²) < 4.78 is 0. The van der Waals surface area contributed by atoms with E-state index >= 15 is 0 Å². The zero-order chi connectivity index (χ0) is 18.7. The van der Waals surface area contributed by atoms with Gasteiger partial charge in [-0.25, -0.2) is 0 Å². The van der Waals surface area contributed by atoms with Crippen molar-refractivity contribution in [2.24, 2.45) is 11.8 Å². The molecule has 1 rings (SSSR count). The van der Waals surface area contributed by atoms with E-state index in [2.05, 4.69) is 6.92 Å². The predicted octanol–water partition coefficient (Wildman–Crippen LogP) is -0.856. The fourth-order valence-corrected chi connectivity index (χ4v) is 3.54. The van der Waals surface area contributed by atoms with Gasteiger partial charge in [-0.2, -0.15) is 0 Å². The van der Waals surface area contributed by atoms with Gasteiger partial charge in [0.05, 0.1) is 12.2 Å². The Morgan fingerprint density at radius 2 is 1.92 bits per heavy atom. The molecule has 0 heterocycles. The molecule has 0 aromatic rings. The fraction of sp³-hybridized carbons (Fsp3) is 0.800. The Morgan fingerprint density at radius 1 is 1.23 bits per heavy atom. The van der Waals surface area contributed by atoms with Gasteiger partial charge in [-0.15, -0.1) is 0 Å². The number of rotatable bonds is 13. The van der Waals surface area contributed by atoms with Crippen LogP contribution in [0.2, 0.25) is 0 Å². The zero-order valence-corrected chi connectivity index (χ0v) is 18.4. The third kappa shape index (κ3) is 10.2. The number of hydrogen-bond donors (Lipinski definition) is 2. The number of Topliss-reactive ketones (excluding diaryl/α,β-unsaturated/α-hetero) is 1. The summed E-state index contributed by atoms with van der Waals surface area (Å²) in [6.45, 7) is 2.12. The van der Waals surface area contributed by atoms with Crippen molar-refractivity contribution < 1.29 is 54.5 Å². The van der Waals surface area contributed by atoms with Crippen LogP contribution in [0.5, 0.6) is 0 Å². The van der Waals surface area contributed by atoms with E-state index < -0.39 is 18.2 Å². The van der Waals surface area contributed by atoms with Crippen LogP contribution in [0.25, 0.3) is 0 Å². The monoisotopic (exact) mass is 376 g/mol. The fourth-order valence-electron chi connectivity index (χ4n) is 3.54. The van der Waals surface area contributed by atoms with Gasteiger partial charge in [0.2, 0.25) is 0 Å². The van der Waals surface area contributed by atoms with Gasteiger partial charge in [0.1, 0.15) is 5.78 Å². The molecule has 1 saturated carbocycles. The Bertz CT molecular complexity index is 438. The number of hydrogen-bond acceptors (Lipinski definition) is 5. The van der Waals surface area contributed by atoms with Gasteiger partial charge in [-0.1, -0.05) is 57.6 Å². The Labute approximate surface area is 179 Å². The first-order valence-electron chi connectivity index (χ1n) is 9.72. The number of carboxylic acids is 1. The summed E-state index contributed by atoms with van der Waals surface area (Å²) in [5.74, 6) is -1.32. The SMILES string of the molecule is CCCCC[C@H](O)/C=C/[C@H]1[C@H](O)CC(=O)[C@@H]1CCCCCCC(=O)[O-].[Na+]. The summed E-state index contributed by atoms with van der Waals surface area (Å²) in [4.78, 5) is 22.5. The van der Waals surface area contributed by atoms with Gasteiger partial charge >= 0.3 is 29.6 Å². The molecule has 0 unspecified atom stereocenters. The second-order valence-electron chi connectivity index (χ2n) is 7.19. The quantitative estimate of drug-likeness (QED) is 0.248. The van der Waals surface area contributed by atoms with Crippen molar-refractivity contribution in [3.8, 4) is 0 Å². The van der Waals surface area contributed by atoms with Gasteiger partial charge < -0.3 is 20.1 Å². The molecule has 4 atom stereocenters. The smallest absolute Gasteiger partial charge is 0.550 e. The Morgan fingerprint density at radius 3 is 2.58 bits per heavy atom. The number of unbranched alkanes of at least 4 members (excludes halogenated alkanes) is 5. The molecule has 1 fully saturated rings. The van der Waals surface area contributed by atoms with Crippen molar-refractivity contribution in [1.29, 1.82) is 0 Å². The maximum atomic E-state index is 12.1. The molecule has 0 spiro atoms. The summed E-state index contributed by atoms with van der Waals surface area (Å²) in [5, 5.41) is 30.5. The van der Waals surface area contributed by atoms with Gasteiger partial charge in [-0.05, 0) is 25.7 Å². The topological polar surface area (TPSA) is 97.7 Å². The van der Waals surface area contributed by atoms with Crippen molar-refractivity contribution in [3.05, 3.63) is 12.2 Å². The average molecular weight is 376 g/mol. The molecule has 0 radical (unpaired) electrons. The van der Waals surface area contributed by atoms with Crippen molar-refractivity contribution in [3.63, 3.8) is 0 Å². The van der Waals surface area contributed by atoms with E-state index in [1.807, 2.05) is 6.08 Å². The van der Waals surface area contributed by atoms with E-state index in [9.17, 15) is 24.9 Å². The Hall–Kier alpha value is -0.200. The molecule has 0 saturated heterocycles. The van der Waals surface area contributed by atoms with E-state index in [1.165, 1.54) is 0 Å². The molecule has 0 aromatic heterocycles. The second kappa shape index (κ2) is 14.8. The molecule has 26 heavy (non-hydrogen) atoms. The third-order valence-corrected chi connectivity index (χ3v) is 5.04. The van der Waals surface area contributed by atoms with Crippen molar-refractivity contribution in [1.82, 2.24) is 0 Å². The molecule has 0 bridgehead atoms. The molecular formula is C20H33NaO5. The van der Waals surface area contributed by atoms with Gasteiger partial charge in [-0.3, -0.25) is 4.79 Å². The zero-order valence-electron chi connectivity index (χ0n) is 16.4. The summed E-state index contributed by atoms with van der Waals surface area (Å²) in [5.41, 5.74) is 0. The van der Waals surface area contributed by atoms with Gasteiger partial charge in [0.25, 0.3) is 0 Å². The van der Waals surface area contributed by atoms with Crippen LogP contribution in [-0.4, -0.2) is 34.2 Å². The number of aliphatic hydroxyl groups is 2. The van der Waals surface area contributed by atoms with Crippen LogP contribution in [-0.2, 0) is 9.59 Å². The number of carbonyl (C=O) groups is 2. The van der Waals surface area contributed by atoms with Crippen LogP contribution in [0, 0.1) is 11.8 Å². The van der Waals surface area contributed by atoms with E-state index in [1.54, 1.807) is 6.08 Å². The number of carboxylic acid groups (broad SMARTS) is 1. The van der Waals surface area contributed by atoms with Crippen molar-refractivity contribution in [2.75, 3.05) is 0 Å². The number of ketones is 1. The van der Waals surface area contributed by atoms with Gasteiger partial charge in [0, 0.05) is 24.2 Å². The van der Waals surface area contributed by atoms with E-state index in [4.69, 9.17) is 0 Å². The van der Waals surface area contributed by atoms with E-state index in [-0.39, 0.29) is 60.0 Å². The molecule has 0 aromatic carbocycles. The predicted molar refractivity (Wildman–Crippen MR) is 94.6 cm³/mol. The van der Waals surface area contributed by atoms with Crippen LogP contribution in [0.3, 0.4) is 0 Å². The molecule has 2 N–H and O–H groups in total. The van der Waals surface area contributed by atoms with E-state index in [0.29, 0.717) is 19.3 Å². The van der Waals surface area contributed by atoms with Crippen LogP contribution >= 0.6 is 0 Å². The average Bonchev–Trinajstić information content (AvgIpc) is 2.82. The van der Waals surface area contributed by atoms with Gasteiger partial charge in [0.15, 0.2) is 0 Å². The van der Waals surface area contributed by atoms with Crippen molar-refractivity contribution in [2.45, 2.75) is 89.8 Å². The minimum atomic E-state index is -1.02. The molecule has 1 aliphatic carbocycles. The second-order valence-corrected chi connectivity index (χ2v) is 7.19. The molecule has 5 nitrogen and oxygen atoms in total. The maximum Gasteiger partial charge on any atom is 1.00 e. The van der Waals surface area contributed by atoms with Crippen LogP contribution in [0.4, 0.5) is 0 Å². The summed E-state index contributed by atoms with van der Waals surface area (Å²) in [7, 11) is 0. The first-order chi connectivity index (χ1) is 12.0. The number of aliphatic carboxylic acids is 1. The molecular weight excluding hydrogens is 343 g/mol. The molecule has 0 aliphatic heterocycles. The molecule has 0 amide bonds. The Balaban J connectivity index is 0.00000625. The van der Waals surface area contributed by atoms with Crippen LogP contribution < -0.4 is 34.7 Å². The molecule has 144 valence electrons. The van der Waals surface area contributed by atoms with Crippen LogP contribution in [0.15, 0.2) is 12.2 Å². The standard InChI is InChI=1S/C20H34O5.Na/c1-2-3-6-9-15(21)12-13-17-16(18(22)14-19(17)23)10-7-4-5-8-11-20(24)25;/h12-13,15-17,19,21,23H,2-11,14H2,1H3,(H,24,25);/q;+1/p-1/b13-12+;/t15-,16+,17+,19+;/m0./s1. The minimum Gasteiger partial charge on any atom is -0.550 e. The molecule has 1 aliphatic rings. The summed E-state index contributed by atoms with van der Waals surface area (Å²) in [6, 6.07) is 0. The third-order valence-electron chi connectivity index (χ3n) is 5.04. The molecule has 6 heteroatoms. The first-order valence-corrected chi connectivity index (χ1v) is 9.72. The first kappa shape index (κ1) is 25.8. The number of carbonyl (C=O) groups excluding carboxylic acids is 2. The minimum absolute atomic E-state index is 0. The number of aliphatic hydroxyl groups excluding tert-OH is 2. The maximum absolute atomic E-state index is 12.1. The largest absolute Gasteiger partial charge is 1.00 e. The van der Waals surface area contributed by atoms with E-state index in [0.717, 1.165) is 38.5 Å². The Kier molecular flexibility index (Phi) is 14.7. The normalized spacial score (nSPS) is 24.0. The van der Waals surface area contributed by atoms with Crippen LogP contribution in [0.1, 0.15) is 77.6 Å². The summed E-state index contributed by atoms with van der Waals surface area (Å²) in [6.07, 6.45) is 10.4. The summed E-state index contributed by atoms with van der Waals surface area (Å²) >= 11 is 0. The van der Waals surface area contributed by atoms with Crippen molar-refractivity contribution >= 4 is 11.8 Å².